The van der Waals surface area contributed by atoms with Gasteiger partial charge in [-0.3, -0.25) is 4.79 Å². The quantitative estimate of drug-likeness (QED) is 0.880. The zero-order chi connectivity index (χ0) is 13.3. The number of aliphatic carboxylic acids is 1. The summed E-state index contributed by atoms with van der Waals surface area (Å²) in [5, 5.41) is 8.89. The van der Waals surface area contributed by atoms with Crippen molar-refractivity contribution in [2.24, 2.45) is 0 Å². The van der Waals surface area contributed by atoms with Crippen molar-refractivity contribution in [1.29, 1.82) is 0 Å². The number of carboxylic acid groups (broad SMARTS) is 1. The third kappa shape index (κ3) is 2.30. The number of rotatable bonds is 5. The van der Waals surface area contributed by atoms with E-state index in [1.165, 1.54) is 25.3 Å². The van der Waals surface area contributed by atoms with Gasteiger partial charge in [-0.1, -0.05) is 0 Å². The Labute approximate surface area is 103 Å². The summed E-state index contributed by atoms with van der Waals surface area (Å²) in [7, 11) is 1.46. The second kappa shape index (κ2) is 4.55. The normalized spacial score (nSPS) is 16.7. The molecule has 0 atom stereocenters. The Morgan fingerprint density at radius 1 is 1.50 bits per heavy atom. The van der Waals surface area contributed by atoms with Gasteiger partial charge in [-0.25, -0.2) is 8.78 Å². The van der Waals surface area contributed by atoms with Gasteiger partial charge in [-0.05, 0) is 36.6 Å². The zero-order valence-electron chi connectivity index (χ0n) is 9.95. The van der Waals surface area contributed by atoms with Gasteiger partial charge in [0.15, 0.2) is 0 Å². The number of carboxylic acids is 1. The molecule has 0 radical (unpaired) electrons. The molecule has 3 nitrogen and oxygen atoms in total. The van der Waals surface area contributed by atoms with Crippen LogP contribution in [0.1, 0.15) is 36.8 Å². The molecule has 0 spiro atoms. The van der Waals surface area contributed by atoms with E-state index in [1.54, 1.807) is 0 Å². The first-order chi connectivity index (χ1) is 8.48. The lowest BCUT2D eigenvalue weighted by molar-refractivity contribution is -0.137. The summed E-state index contributed by atoms with van der Waals surface area (Å²) in [5.74, 6) is -0.485. The summed E-state index contributed by atoms with van der Waals surface area (Å²) in [6.45, 7) is 0. The van der Waals surface area contributed by atoms with E-state index in [2.05, 4.69) is 0 Å². The maximum atomic E-state index is 13.0. The molecule has 5 heteroatoms. The highest BCUT2D eigenvalue weighted by atomic mass is 19.3. The van der Waals surface area contributed by atoms with Crippen LogP contribution in [-0.2, 0) is 10.2 Å². The molecule has 0 aliphatic heterocycles. The number of methoxy groups -OCH3 is 1. The Kier molecular flexibility index (Phi) is 3.24. The van der Waals surface area contributed by atoms with Gasteiger partial charge in [-0.2, -0.15) is 0 Å². The molecule has 1 aliphatic rings. The van der Waals surface area contributed by atoms with Crippen LogP contribution in [0.3, 0.4) is 0 Å². The van der Waals surface area contributed by atoms with Crippen LogP contribution in [0.5, 0.6) is 5.75 Å². The molecule has 98 valence electrons. The van der Waals surface area contributed by atoms with Crippen molar-refractivity contribution in [1.82, 2.24) is 0 Å². The van der Waals surface area contributed by atoms with Crippen molar-refractivity contribution in [3.63, 3.8) is 0 Å². The van der Waals surface area contributed by atoms with Gasteiger partial charge in [0.05, 0.1) is 13.5 Å². The first-order valence-electron chi connectivity index (χ1n) is 5.67. The number of hydrogen-bond acceptors (Lipinski definition) is 2. The van der Waals surface area contributed by atoms with Crippen molar-refractivity contribution < 1.29 is 23.4 Å². The van der Waals surface area contributed by atoms with Crippen molar-refractivity contribution in [3.8, 4) is 5.75 Å². The van der Waals surface area contributed by atoms with Crippen LogP contribution < -0.4 is 4.74 Å². The van der Waals surface area contributed by atoms with Gasteiger partial charge in [-0.15, -0.1) is 0 Å². The molecule has 1 fully saturated rings. The van der Waals surface area contributed by atoms with Crippen LogP contribution >= 0.6 is 0 Å². The summed E-state index contributed by atoms with van der Waals surface area (Å²) in [4.78, 5) is 10.8. The molecule has 0 amide bonds. The Morgan fingerprint density at radius 2 is 2.17 bits per heavy atom. The molecule has 1 aliphatic carbocycles. The molecule has 1 aromatic carbocycles. The standard InChI is InChI=1S/C13H14F2O3/c1-18-8-2-3-9(12(14)15)10(6-8)13(4-5-13)7-11(16)17/h2-3,6,12H,4-5,7H2,1H3,(H,16,17). The van der Waals surface area contributed by atoms with Gasteiger partial charge in [0.2, 0.25) is 0 Å². The maximum absolute atomic E-state index is 13.0. The first kappa shape index (κ1) is 12.8. The maximum Gasteiger partial charge on any atom is 0.304 e. The first-order valence-corrected chi connectivity index (χ1v) is 5.67. The molecule has 0 heterocycles. The van der Waals surface area contributed by atoms with Crippen molar-refractivity contribution >= 4 is 5.97 Å². The number of ether oxygens (including phenoxy) is 1. The highest BCUT2D eigenvalue weighted by Gasteiger charge is 2.48. The van der Waals surface area contributed by atoms with Crippen molar-refractivity contribution in [2.45, 2.75) is 31.1 Å². The predicted octanol–water partition coefficient (Wildman–Crippen LogP) is 3.14. The Bertz CT molecular complexity index is 467. The number of benzene rings is 1. The number of carbonyl (C=O) groups is 1. The second-order valence-electron chi connectivity index (χ2n) is 4.60. The molecule has 1 aromatic rings. The minimum Gasteiger partial charge on any atom is -0.497 e. The molecule has 0 unspecified atom stereocenters. The van der Waals surface area contributed by atoms with E-state index in [4.69, 9.17) is 9.84 Å². The zero-order valence-corrected chi connectivity index (χ0v) is 9.95. The van der Waals surface area contributed by atoms with E-state index in [0.29, 0.717) is 24.2 Å². The van der Waals surface area contributed by atoms with Gasteiger partial charge >= 0.3 is 5.97 Å². The van der Waals surface area contributed by atoms with E-state index in [0.717, 1.165) is 0 Å². The van der Waals surface area contributed by atoms with E-state index in [1.807, 2.05) is 0 Å². The third-order valence-electron chi connectivity index (χ3n) is 3.41. The Balaban J connectivity index is 2.44. The lowest BCUT2D eigenvalue weighted by Gasteiger charge is -2.18. The SMILES string of the molecule is COc1ccc(C(F)F)c(C2(CC(=O)O)CC2)c1. The molecular formula is C13H14F2O3. The largest absolute Gasteiger partial charge is 0.497 e. The van der Waals surface area contributed by atoms with Crippen LogP contribution in [0.4, 0.5) is 8.78 Å². The van der Waals surface area contributed by atoms with E-state index in [9.17, 15) is 13.6 Å². The summed E-state index contributed by atoms with van der Waals surface area (Å²) in [6, 6.07) is 4.33. The highest BCUT2D eigenvalue weighted by Crippen LogP contribution is 2.53. The predicted molar refractivity (Wildman–Crippen MR) is 61.1 cm³/mol. The summed E-state index contributed by atoms with van der Waals surface area (Å²) in [6.07, 6.45) is -1.45. The van der Waals surface area contributed by atoms with Gasteiger partial charge < -0.3 is 9.84 Å². The van der Waals surface area contributed by atoms with E-state index >= 15 is 0 Å². The number of halogens is 2. The average Bonchev–Trinajstić information content (AvgIpc) is 3.08. The molecule has 1 saturated carbocycles. The monoisotopic (exact) mass is 256 g/mol. The fourth-order valence-electron chi connectivity index (χ4n) is 2.29. The molecule has 2 rings (SSSR count). The van der Waals surface area contributed by atoms with Crippen LogP contribution in [0.25, 0.3) is 0 Å². The molecular weight excluding hydrogens is 242 g/mol. The number of hydrogen-bond donors (Lipinski definition) is 1. The highest BCUT2D eigenvalue weighted by molar-refractivity contribution is 5.70. The summed E-state index contributed by atoms with van der Waals surface area (Å²) in [5.41, 5.74) is -0.305. The lowest BCUT2D eigenvalue weighted by Crippen LogP contribution is -2.15. The third-order valence-corrected chi connectivity index (χ3v) is 3.41. The summed E-state index contributed by atoms with van der Waals surface area (Å²) < 4.78 is 31.0. The average molecular weight is 256 g/mol. The molecule has 0 aromatic heterocycles. The van der Waals surface area contributed by atoms with Gasteiger partial charge in [0.25, 0.3) is 6.43 Å². The minimum atomic E-state index is -2.60. The van der Waals surface area contributed by atoms with Crippen LogP contribution in [-0.4, -0.2) is 18.2 Å². The molecule has 1 N–H and O–H groups in total. The Hall–Kier alpha value is -1.65. The Morgan fingerprint density at radius 3 is 2.61 bits per heavy atom. The van der Waals surface area contributed by atoms with Gasteiger partial charge in [0, 0.05) is 11.0 Å². The van der Waals surface area contributed by atoms with Crippen LogP contribution in [0, 0.1) is 0 Å². The fourth-order valence-corrected chi connectivity index (χ4v) is 2.29. The lowest BCUT2D eigenvalue weighted by atomic mass is 9.88. The van der Waals surface area contributed by atoms with Crippen LogP contribution in [0.15, 0.2) is 18.2 Å². The topological polar surface area (TPSA) is 46.5 Å². The van der Waals surface area contributed by atoms with E-state index < -0.39 is 17.8 Å². The second-order valence-corrected chi connectivity index (χ2v) is 4.60. The molecule has 0 bridgehead atoms. The fraction of sp³-hybridized carbons (Fsp3) is 0.462. The number of alkyl halides is 2. The van der Waals surface area contributed by atoms with E-state index in [-0.39, 0.29) is 12.0 Å². The van der Waals surface area contributed by atoms with Crippen molar-refractivity contribution in [2.75, 3.05) is 7.11 Å². The molecule has 0 saturated heterocycles. The summed E-state index contributed by atoms with van der Waals surface area (Å²) >= 11 is 0. The smallest absolute Gasteiger partial charge is 0.304 e. The van der Waals surface area contributed by atoms with Gasteiger partial charge in [0.1, 0.15) is 5.75 Å². The van der Waals surface area contributed by atoms with Crippen molar-refractivity contribution in [3.05, 3.63) is 29.3 Å². The molecule has 18 heavy (non-hydrogen) atoms. The van der Waals surface area contributed by atoms with Crippen LogP contribution in [0.2, 0.25) is 0 Å². The minimum absolute atomic E-state index is 0.0884.